The first-order chi connectivity index (χ1) is 9.63. The molecule has 1 saturated carbocycles. The number of nitrogens with one attached hydrogen (secondary N) is 1. The van der Waals surface area contributed by atoms with E-state index >= 15 is 0 Å². The van der Waals surface area contributed by atoms with Crippen LogP contribution >= 0.6 is 0 Å². The number of hydrogen-bond acceptors (Lipinski definition) is 3. The minimum Gasteiger partial charge on any atom is -0.368 e. The third-order valence-corrected chi connectivity index (χ3v) is 3.91. The van der Waals surface area contributed by atoms with Gasteiger partial charge in [-0.1, -0.05) is 26.2 Å². The highest BCUT2D eigenvalue weighted by Crippen LogP contribution is 2.28. The average Bonchev–Trinajstić information content (AvgIpc) is 2.47. The molecule has 0 unspecified atom stereocenters. The molecule has 0 bridgehead atoms. The van der Waals surface area contributed by atoms with Crippen molar-refractivity contribution in [3.63, 3.8) is 0 Å². The van der Waals surface area contributed by atoms with Crippen LogP contribution in [0.25, 0.3) is 0 Å². The maximum atomic E-state index is 14.0. The van der Waals surface area contributed by atoms with Crippen molar-refractivity contribution < 1.29 is 8.78 Å². The molecule has 2 rings (SSSR count). The van der Waals surface area contributed by atoms with Crippen LogP contribution in [0.1, 0.15) is 45.4 Å². The Kier molecular flexibility index (Phi) is 5.15. The van der Waals surface area contributed by atoms with E-state index in [-0.39, 0.29) is 11.6 Å². The summed E-state index contributed by atoms with van der Waals surface area (Å²) >= 11 is 0. The Balaban J connectivity index is 2.20. The second-order valence-corrected chi connectivity index (χ2v) is 5.45. The van der Waals surface area contributed by atoms with Crippen molar-refractivity contribution >= 4 is 11.6 Å². The zero-order valence-corrected chi connectivity index (χ0v) is 12.3. The molecule has 0 aromatic carbocycles. The van der Waals surface area contributed by atoms with Crippen molar-refractivity contribution in [3.8, 4) is 0 Å². The third-order valence-electron chi connectivity index (χ3n) is 3.91. The first-order valence-electron chi connectivity index (χ1n) is 7.46. The molecule has 1 aromatic rings. The lowest BCUT2D eigenvalue weighted by atomic mass is 9.94. The summed E-state index contributed by atoms with van der Waals surface area (Å²) in [4.78, 5) is 6.02. The fourth-order valence-corrected chi connectivity index (χ4v) is 2.71. The molecule has 0 radical (unpaired) electrons. The fourth-order valence-electron chi connectivity index (χ4n) is 2.71. The van der Waals surface area contributed by atoms with Gasteiger partial charge >= 0.3 is 0 Å². The highest BCUT2D eigenvalue weighted by molar-refractivity contribution is 5.49. The van der Waals surface area contributed by atoms with Gasteiger partial charge in [0.2, 0.25) is 0 Å². The van der Waals surface area contributed by atoms with Crippen molar-refractivity contribution in [1.82, 2.24) is 4.98 Å². The molecule has 1 fully saturated rings. The van der Waals surface area contributed by atoms with Crippen molar-refractivity contribution in [2.24, 2.45) is 0 Å². The van der Waals surface area contributed by atoms with E-state index in [1.54, 1.807) is 0 Å². The quantitative estimate of drug-likeness (QED) is 0.887. The molecule has 1 aliphatic rings. The summed E-state index contributed by atoms with van der Waals surface area (Å²) in [5, 5.41) is 2.91. The van der Waals surface area contributed by atoms with Gasteiger partial charge < -0.3 is 10.2 Å². The molecule has 0 atom stereocenters. The van der Waals surface area contributed by atoms with E-state index in [9.17, 15) is 8.78 Å². The van der Waals surface area contributed by atoms with Crippen molar-refractivity contribution in [1.29, 1.82) is 0 Å². The molecular formula is C15H23F2N3. The van der Waals surface area contributed by atoms with E-state index in [0.29, 0.717) is 12.6 Å². The second-order valence-electron chi connectivity index (χ2n) is 5.45. The minimum absolute atomic E-state index is 0.144. The maximum Gasteiger partial charge on any atom is 0.168 e. The van der Waals surface area contributed by atoms with Crippen LogP contribution in [0, 0.1) is 11.6 Å². The molecule has 1 aliphatic carbocycles. The Morgan fingerprint density at radius 3 is 2.60 bits per heavy atom. The molecule has 112 valence electrons. The Bertz CT molecular complexity index is 445. The smallest absolute Gasteiger partial charge is 0.168 e. The number of nitrogens with zero attached hydrogens (tertiary/aromatic N) is 2. The summed E-state index contributed by atoms with van der Waals surface area (Å²) < 4.78 is 27.7. The molecule has 1 aromatic heterocycles. The number of halogens is 2. The highest BCUT2D eigenvalue weighted by atomic mass is 19.1. The van der Waals surface area contributed by atoms with Crippen molar-refractivity contribution in [2.75, 3.05) is 23.8 Å². The topological polar surface area (TPSA) is 28.2 Å². The number of rotatable bonds is 5. The van der Waals surface area contributed by atoms with Crippen LogP contribution in [0.3, 0.4) is 0 Å². The lowest BCUT2D eigenvalue weighted by molar-refractivity contribution is 0.421. The first-order valence-corrected chi connectivity index (χ1v) is 7.46. The molecule has 3 nitrogen and oxygen atoms in total. The Morgan fingerprint density at radius 1 is 1.25 bits per heavy atom. The van der Waals surface area contributed by atoms with E-state index < -0.39 is 11.6 Å². The van der Waals surface area contributed by atoms with Crippen molar-refractivity contribution in [3.05, 3.63) is 17.7 Å². The van der Waals surface area contributed by atoms with E-state index in [1.807, 2.05) is 18.9 Å². The summed E-state index contributed by atoms with van der Waals surface area (Å²) in [6, 6.07) is 1.23. The van der Waals surface area contributed by atoms with Gasteiger partial charge in [0.1, 0.15) is 0 Å². The molecule has 1 heterocycles. The van der Waals surface area contributed by atoms with Crippen LogP contribution in [0.2, 0.25) is 0 Å². The van der Waals surface area contributed by atoms with Crippen LogP contribution in [0.4, 0.5) is 20.4 Å². The molecule has 0 saturated heterocycles. The number of aromatic nitrogens is 1. The summed E-state index contributed by atoms with van der Waals surface area (Å²) in [6.45, 7) is 2.62. The van der Waals surface area contributed by atoms with E-state index in [0.717, 1.165) is 25.3 Å². The normalized spacial score (nSPS) is 16.2. The van der Waals surface area contributed by atoms with E-state index in [4.69, 9.17) is 0 Å². The zero-order valence-electron chi connectivity index (χ0n) is 12.3. The van der Waals surface area contributed by atoms with Crippen LogP contribution < -0.4 is 10.2 Å². The van der Waals surface area contributed by atoms with Crippen LogP contribution in [-0.4, -0.2) is 24.6 Å². The van der Waals surface area contributed by atoms with Gasteiger partial charge in [0, 0.05) is 25.7 Å². The summed E-state index contributed by atoms with van der Waals surface area (Å²) in [5.41, 5.74) is 0. The van der Waals surface area contributed by atoms with Gasteiger partial charge in [0.15, 0.2) is 23.3 Å². The first kappa shape index (κ1) is 15.0. The molecule has 0 amide bonds. The lowest BCUT2D eigenvalue weighted by Crippen LogP contribution is -2.34. The molecule has 20 heavy (non-hydrogen) atoms. The molecule has 0 spiro atoms. The van der Waals surface area contributed by atoms with E-state index in [2.05, 4.69) is 10.3 Å². The predicted molar refractivity (Wildman–Crippen MR) is 78.2 cm³/mol. The third kappa shape index (κ3) is 3.38. The molecule has 5 heteroatoms. The SMILES string of the molecule is CCCNc1nc(N(C)C2CCCCC2)c(F)cc1F. The number of hydrogen-bond donors (Lipinski definition) is 1. The highest BCUT2D eigenvalue weighted by Gasteiger charge is 2.23. The van der Waals surface area contributed by atoms with Gasteiger partial charge in [-0.15, -0.1) is 0 Å². The van der Waals surface area contributed by atoms with E-state index in [1.165, 1.54) is 19.3 Å². The van der Waals surface area contributed by atoms with Gasteiger partial charge in [-0.25, -0.2) is 13.8 Å². The largest absolute Gasteiger partial charge is 0.368 e. The summed E-state index contributed by atoms with van der Waals surface area (Å²) in [6.07, 6.45) is 6.54. The average molecular weight is 283 g/mol. The Hall–Kier alpha value is -1.39. The Morgan fingerprint density at radius 2 is 1.95 bits per heavy atom. The van der Waals surface area contributed by atoms with Gasteiger partial charge in [0.05, 0.1) is 0 Å². The molecule has 0 aliphatic heterocycles. The lowest BCUT2D eigenvalue weighted by Gasteiger charge is -2.32. The minimum atomic E-state index is -0.628. The van der Waals surface area contributed by atoms with Gasteiger partial charge in [-0.3, -0.25) is 0 Å². The fraction of sp³-hybridized carbons (Fsp3) is 0.667. The van der Waals surface area contributed by atoms with Crippen molar-refractivity contribution in [2.45, 2.75) is 51.5 Å². The van der Waals surface area contributed by atoms with Gasteiger partial charge in [-0.05, 0) is 19.3 Å². The predicted octanol–water partition coefficient (Wildman–Crippen LogP) is 3.95. The molecule has 1 N–H and O–H groups in total. The zero-order chi connectivity index (χ0) is 14.5. The maximum absolute atomic E-state index is 14.0. The Labute approximate surface area is 119 Å². The number of anilines is 2. The van der Waals surface area contributed by atoms with Crippen LogP contribution in [0.15, 0.2) is 6.07 Å². The summed E-state index contributed by atoms with van der Waals surface area (Å²) in [5.74, 6) is -0.822. The standard InChI is InChI=1S/C15H23F2N3/c1-3-9-18-14-12(16)10-13(17)15(19-14)20(2)11-7-5-4-6-8-11/h10-11H,3-9H2,1-2H3,(H,18,19). The van der Waals surface area contributed by atoms with Crippen LogP contribution in [-0.2, 0) is 0 Å². The molecular weight excluding hydrogens is 260 g/mol. The van der Waals surface area contributed by atoms with Crippen LogP contribution in [0.5, 0.6) is 0 Å². The summed E-state index contributed by atoms with van der Waals surface area (Å²) in [7, 11) is 1.85. The monoisotopic (exact) mass is 283 g/mol. The number of pyridine rings is 1. The van der Waals surface area contributed by atoms with Gasteiger partial charge in [0.25, 0.3) is 0 Å². The van der Waals surface area contributed by atoms with Gasteiger partial charge in [-0.2, -0.15) is 0 Å². The second kappa shape index (κ2) is 6.86.